The minimum atomic E-state index is -4.79. The minimum Gasteiger partial charge on any atom is -0.340 e. The van der Waals surface area contributed by atoms with E-state index in [0.717, 1.165) is 0 Å². The molecule has 0 unspecified atom stereocenters. The molecule has 2 aromatic carbocycles. The Morgan fingerprint density at radius 3 is 1.96 bits per heavy atom. The topological polar surface area (TPSA) is 115 Å². The number of alkyl halides is 3. The zero-order valence-electron chi connectivity index (χ0n) is 13.5. The van der Waals surface area contributed by atoms with Crippen LogP contribution < -0.4 is 5.32 Å². The molecule has 142 valence electrons. The van der Waals surface area contributed by atoms with E-state index in [9.17, 15) is 38.2 Å². The summed E-state index contributed by atoms with van der Waals surface area (Å²) >= 11 is 0. The lowest BCUT2D eigenvalue weighted by Gasteiger charge is -2.21. The lowest BCUT2D eigenvalue weighted by atomic mass is 10.0. The maximum Gasteiger partial charge on any atom is 0.408 e. The number of hydrogen-bond acceptors (Lipinski definition) is 5. The fourth-order valence-corrected chi connectivity index (χ4v) is 2.28. The first kappa shape index (κ1) is 19.8. The lowest BCUT2D eigenvalue weighted by Crippen LogP contribution is -2.46. The molecule has 0 saturated carbocycles. The van der Waals surface area contributed by atoms with Crippen molar-refractivity contribution in [3.05, 3.63) is 79.9 Å². The number of nitro groups is 2. The third-order valence-corrected chi connectivity index (χ3v) is 3.57. The van der Waals surface area contributed by atoms with Crippen molar-refractivity contribution in [2.75, 3.05) is 0 Å². The number of carbonyl (C=O) groups is 1. The van der Waals surface area contributed by atoms with Crippen molar-refractivity contribution in [3.63, 3.8) is 0 Å². The fourth-order valence-electron chi connectivity index (χ4n) is 2.28. The maximum atomic E-state index is 13.3. The van der Waals surface area contributed by atoms with E-state index in [1.54, 1.807) is 11.4 Å². The number of hydrogen-bond donors (Lipinski definition) is 1. The molecule has 1 N–H and O–H groups in total. The van der Waals surface area contributed by atoms with Gasteiger partial charge in [-0.2, -0.15) is 13.2 Å². The Balaban J connectivity index is 2.32. The van der Waals surface area contributed by atoms with Crippen LogP contribution in [-0.4, -0.2) is 28.0 Å². The predicted molar refractivity (Wildman–Crippen MR) is 87.2 cm³/mol. The van der Waals surface area contributed by atoms with Crippen molar-refractivity contribution >= 4 is 17.3 Å². The molecule has 0 aliphatic rings. The van der Waals surface area contributed by atoms with Crippen LogP contribution in [0, 0.1) is 20.2 Å². The first-order valence-corrected chi connectivity index (χ1v) is 7.43. The van der Waals surface area contributed by atoms with Crippen LogP contribution in [0.4, 0.5) is 24.5 Å². The van der Waals surface area contributed by atoms with Gasteiger partial charge in [-0.1, -0.05) is 30.3 Å². The molecular formula is C16H12F3N3O5. The van der Waals surface area contributed by atoms with Crippen LogP contribution in [0.15, 0.2) is 48.5 Å². The summed E-state index contributed by atoms with van der Waals surface area (Å²) in [5, 5.41) is 23.4. The number of nitrogens with one attached hydrogen (secondary N) is 1. The van der Waals surface area contributed by atoms with Gasteiger partial charge in [-0.3, -0.25) is 25.0 Å². The third kappa shape index (κ3) is 5.23. The normalized spacial score (nSPS) is 12.3. The molecule has 1 amide bonds. The van der Waals surface area contributed by atoms with Gasteiger partial charge < -0.3 is 5.32 Å². The summed E-state index contributed by atoms with van der Waals surface area (Å²) in [6.45, 7) is 0. The molecule has 27 heavy (non-hydrogen) atoms. The Hall–Kier alpha value is -3.50. The van der Waals surface area contributed by atoms with Crippen LogP contribution in [0.1, 0.15) is 15.9 Å². The van der Waals surface area contributed by atoms with Gasteiger partial charge in [0.1, 0.15) is 6.04 Å². The molecule has 2 aromatic rings. The standard InChI is InChI=1S/C16H12F3N3O5/c17-16(18,19)14(6-10-4-2-1-3-5-10)20-15(23)11-7-12(21(24)25)9-13(8-11)22(26)27/h1-5,7-9,14H,6H2,(H,20,23)/t14-/m1/s1. The van der Waals surface area contributed by atoms with Gasteiger partial charge in [0, 0.05) is 18.6 Å². The van der Waals surface area contributed by atoms with Crippen LogP contribution in [0.2, 0.25) is 0 Å². The van der Waals surface area contributed by atoms with E-state index < -0.39 is 51.3 Å². The number of carbonyl (C=O) groups excluding carboxylic acids is 1. The number of nitro benzene ring substituents is 2. The van der Waals surface area contributed by atoms with E-state index in [-0.39, 0.29) is 0 Å². The number of nitrogens with zero attached hydrogens (tertiary/aromatic N) is 2. The van der Waals surface area contributed by atoms with Crippen molar-refractivity contribution in [2.45, 2.75) is 18.6 Å². The molecule has 0 aliphatic carbocycles. The van der Waals surface area contributed by atoms with Crippen LogP contribution in [0.5, 0.6) is 0 Å². The van der Waals surface area contributed by atoms with Crippen molar-refractivity contribution in [1.29, 1.82) is 0 Å². The summed E-state index contributed by atoms with van der Waals surface area (Å²) in [7, 11) is 0. The van der Waals surface area contributed by atoms with Crippen LogP contribution in [0.3, 0.4) is 0 Å². The Bertz CT molecular complexity index is 839. The highest BCUT2D eigenvalue weighted by atomic mass is 19.4. The number of rotatable bonds is 6. The molecule has 0 bridgehead atoms. The second-order valence-corrected chi connectivity index (χ2v) is 5.51. The van der Waals surface area contributed by atoms with Gasteiger partial charge in [-0.15, -0.1) is 0 Å². The van der Waals surface area contributed by atoms with Gasteiger partial charge in [0.2, 0.25) is 0 Å². The molecule has 8 nitrogen and oxygen atoms in total. The highest BCUT2D eigenvalue weighted by Gasteiger charge is 2.41. The molecule has 0 aliphatic heterocycles. The highest BCUT2D eigenvalue weighted by Crippen LogP contribution is 2.26. The molecule has 1 atom stereocenters. The van der Waals surface area contributed by atoms with E-state index >= 15 is 0 Å². The Morgan fingerprint density at radius 2 is 1.52 bits per heavy atom. The second kappa shape index (κ2) is 7.81. The first-order chi connectivity index (χ1) is 12.6. The summed E-state index contributed by atoms with van der Waals surface area (Å²) in [4.78, 5) is 31.9. The number of benzene rings is 2. The molecule has 0 saturated heterocycles. The van der Waals surface area contributed by atoms with E-state index in [2.05, 4.69) is 0 Å². The van der Waals surface area contributed by atoms with E-state index in [1.165, 1.54) is 24.3 Å². The van der Waals surface area contributed by atoms with Crippen LogP contribution in [0.25, 0.3) is 0 Å². The summed E-state index contributed by atoms with van der Waals surface area (Å²) < 4.78 is 39.8. The van der Waals surface area contributed by atoms with Gasteiger partial charge in [-0.25, -0.2) is 0 Å². The van der Waals surface area contributed by atoms with Gasteiger partial charge in [0.15, 0.2) is 0 Å². The van der Waals surface area contributed by atoms with Crippen LogP contribution >= 0.6 is 0 Å². The van der Waals surface area contributed by atoms with E-state index in [0.29, 0.717) is 23.8 Å². The Kier molecular flexibility index (Phi) is 5.73. The van der Waals surface area contributed by atoms with Crippen molar-refractivity contribution < 1.29 is 27.8 Å². The average molecular weight is 383 g/mol. The molecule has 0 fully saturated rings. The molecule has 2 rings (SSSR count). The summed E-state index contributed by atoms with van der Waals surface area (Å²) in [6.07, 6.45) is -5.36. The van der Waals surface area contributed by atoms with Crippen molar-refractivity contribution in [1.82, 2.24) is 5.32 Å². The summed E-state index contributed by atoms with van der Waals surface area (Å²) in [5.74, 6) is -1.31. The van der Waals surface area contributed by atoms with E-state index in [4.69, 9.17) is 0 Å². The maximum absolute atomic E-state index is 13.3. The summed E-state index contributed by atoms with van der Waals surface area (Å²) in [5.41, 5.74) is -1.86. The van der Waals surface area contributed by atoms with Gasteiger partial charge in [0.05, 0.1) is 21.5 Å². The minimum absolute atomic E-state index is 0.310. The zero-order chi connectivity index (χ0) is 20.2. The predicted octanol–water partition coefficient (Wildman–Crippen LogP) is 3.41. The Morgan fingerprint density at radius 1 is 1.00 bits per heavy atom. The Labute approximate surface area is 149 Å². The fraction of sp³-hybridized carbons (Fsp3) is 0.188. The first-order valence-electron chi connectivity index (χ1n) is 7.43. The lowest BCUT2D eigenvalue weighted by molar-refractivity contribution is -0.394. The van der Waals surface area contributed by atoms with Gasteiger partial charge in [-0.05, 0) is 5.56 Å². The average Bonchev–Trinajstić information content (AvgIpc) is 2.60. The monoisotopic (exact) mass is 383 g/mol. The highest BCUT2D eigenvalue weighted by molar-refractivity contribution is 5.95. The smallest absolute Gasteiger partial charge is 0.340 e. The molecule has 0 radical (unpaired) electrons. The second-order valence-electron chi connectivity index (χ2n) is 5.51. The number of non-ortho nitro benzene ring substituents is 2. The molecule has 11 heteroatoms. The van der Waals surface area contributed by atoms with E-state index in [1.807, 2.05) is 0 Å². The van der Waals surface area contributed by atoms with Crippen LogP contribution in [-0.2, 0) is 6.42 Å². The molecule has 0 spiro atoms. The summed E-state index contributed by atoms with van der Waals surface area (Å²) in [6, 6.07) is 7.28. The van der Waals surface area contributed by atoms with Gasteiger partial charge >= 0.3 is 6.18 Å². The quantitative estimate of drug-likeness (QED) is 0.606. The van der Waals surface area contributed by atoms with Gasteiger partial charge in [0.25, 0.3) is 17.3 Å². The zero-order valence-corrected chi connectivity index (χ0v) is 13.5. The third-order valence-electron chi connectivity index (χ3n) is 3.57. The van der Waals surface area contributed by atoms with Crippen molar-refractivity contribution in [2.24, 2.45) is 0 Å². The molecule has 0 heterocycles. The molecule has 0 aromatic heterocycles. The molecular weight excluding hydrogens is 371 g/mol. The largest absolute Gasteiger partial charge is 0.408 e. The van der Waals surface area contributed by atoms with Crippen molar-refractivity contribution in [3.8, 4) is 0 Å². The SMILES string of the molecule is O=C(N[C@H](Cc1ccccc1)C(F)(F)F)c1cc([N+](=O)[O-])cc([N+](=O)[O-])c1. The number of amides is 1. The number of halogens is 3.